The topological polar surface area (TPSA) is 102 Å². The number of nitrogens with zero attached hydrogens (tertiary/aromatic N) is 1. The Balaban J connectivity index is 0.000000512. The smallest absolute Gasteiger partial charge is 0.252 e. The van der Waals surface area contributed by atoms with Gasteiger partial charge >= 0.3 is 0 Å². The first-order valence-corrected chi connectivity index (χ1v) is 14.6. The number of carbonyl (C=O) groups excluding carboxylic acids is 1. The van der Waals surface area contributed by atoms with Crippen molar-refractivity contribution in [3.8, 4) is 0 Å². The van der Waals surface area contributed by atoms with E-state index in [9.17, 15) is 4.79 Å². The monoisotopic (exact) mass is 578 g/mol. The molecular weight excluding hydrogens is 543 g/mol. The van der Waals surface area contributed by atoms with Crippen molar-refractivity contribution in [2.75, 3.05) is 13.2 Å². The third-order valence-corrected chi connectivity index (χ3v) is 4.79. The van der Waals surface area contributed by atoms with E-state index in [1.165, 1.54) is 11.1 Å². The molecule has 0 saturated carbocycles. The zero-order valence-electron chi connectivity index (χ0n) is 21.7. The van der Waals surface area contributed by atoms with Gasteiger partial charge in [0.1, 0.15) is 6.61 Å². The molecule has 0 fully saturated rings. The molecule has 1 heterocycles. The van der Waals surface area contributed by atoms with Gasteiger partial charge in [-0.05, 0) is 87.5 Å². The third-order valence-electron chi connectivity index (χ3n) is 4.57. The zero-order valence-corrected chi connectivity index (χ0v) is 24.8. The highest BCUT2D eigenvalue weighted by atomic mass is 36.0. The molecule has 0 radical (unpaired) electrons. The summed E-state index contributed by atoms with van der Waals surface area (Å²) >= 11 is 5.26. The molecule has 0 spiro atoms. The largest absolute Gasteiger partial charge is 0.475 e. The first-order chi connectivity index (χ1) is 16.6. The normalized spacial score (nSPS) is 13.6. The summed E-state index contributed by atoms with van der Waals surface area (Å²) in [5.74, 6) is 0.780. The fraction of sp³-hybridized carbons (Fsp3) is 0.462. The minimum absolute atomic E-state index is 0.0486. The van der Waals surface area contributed by atoms with E-state index < -0.39 is 20.0 Å². The van der Waals surface area contributed by atoms with Gasteiger partial charge in [-0.2, -0.15) is 0 Å². The minimum atomic E-state index is -1.67. The lowest BCUT2D eigenvalue weighted by Gasteiger charge is -2.12. The van der Waals surface area contributed by atoms with Crippen LogP contribution in [0.25, 0.3) is 0 Å². The zero-order chi connectivity index (χ0) is 27.9. The lowest BCUT2D eigenvalue weighted by atomic mass is 10.1. The Kier molecular flexibility index (Phi) is 16.4. The van der Waals surface area contributed by atoms with E-state index in [0.29, 0.717) is 12.2 Å². The Morgan fingerprint density at radius 3 is 1.72 bits per heavy atom. The van der Waals surface area contributed by atoms with Gasteiger partial charge in [0.25, 0.3) is 5.24 Å². The maximum Gasteiger partial charge on any atom is 0.252 e. The molecule has 2 aromatic rings. The van der Waals surface area contributed by atoms with Crippen LogP contribution in [-0.4, -0.2) is 44.7 Å². The average Bonchev–Trinajstić information content (AvgIpc) is 3.18. The van der Waals surface area contributed by atoms with Crippen molar-refractivity contribution >= 4 is 53.3 Å². The molecule has 3 N–H and O–H groups in total. The third kappa shape index (κ3) is 16.3. The number of aliphatic hydroxyl groups is 1. The minimum Gasteiger partial charge on any atom is -0.475 e. The van der Waals surface area contributed by atoms with E-state index in [1.54, 1.807) is 26.0 Å². The summed E-state index contributed by atoms with van der Waals surface area (Å²) in [4.78, 5) is 15.2. The van der Waals surface area contributed by atoms with Crippen molar-refractivity contribution in [3.63, 3.8) is 0 Å². The summed E-state index contributed by atoms with van der Waals surface area (Å²) in [7, 11) is 7.36. The van der Waals surface area contributed by atoms with E-state index in [1.807, 2.05) is 12.1 Å². The molecule has 36 heavy (non-hydrogen) atoms. The maximum absolute atomic E-state index is 10.6. The fourth-order valence-electron chi connectivity index (χ4n) is 2.49. The number of hydrogen-bond acceptors (Lipinski definition) is 6. The molecule has 2 aromatic carbocycles. The Hall–Kier alpha value is -1.48. The standard InChI is InChI=1S/C13H17NO.C9H9ClO.C4H11NO.Cl2OS/c1-4-10-5-7-11(8-6-10)12-14-13(2,3)9-15-12;1-2-7-3-5-8(6-4-7)9(10)11;1-4(2,5)3-6;1-4(2)3/h5-8H,4,9H2,1-3H3;3-6H,2H2,1H3;6H,3,5H2,1-2H3;. The van der Waals surface area contributed by atoms with Crippen LogP contribution in [0.5, 0.6) is 0 Å². The molecule has 0 bridgehead atoms. The van der Waals surface area contributed by atoms with E-state index >= 15 is 0 Å². The van der Waals surface area contributed by atoms with E-state index in [4.69, 9.17) is 31.4 Å². The van der Waals surface area contributed by atoms with Crippen molar-refractivity contribution in [1.82, 2.24) is 0 Å². The van der Waals surface area contributed by atoms with Crippen LogP contribution in [0.4, 0.5) is 0 Å². The van der Waals surface area contributed by atoms with Crippen LogP contribution < -0.4 is 5.73 Å². The molecule has 0 unspecified atom stereocenters. The van der Waals surface area contributed by atoms with Gasteiger partial charge in [0, 0.05) is 38.0 Å². The molecule has 6 nitrogen and oxygen atoms in total. The summed E-state index contributed by atoms with van der Waals surface area (Å²) in [6, 6.07) is 15.7. The summed E-state index contributed by atoms with van der Waals surface area (Å²) in [5, 5.41) is 7.88. The molecule has 202 valence electrons. The summed E-state index contributed by atoms with van der Waals surface area (Å²) < 4.78 is 14.7. The van der Waals surface area contributed by atoms with Gasteiger partial charge in [0.05, 0.1) is 12.1 Å². The van der Waals surface area contributed by atoms with Crippen LogP contribution in [-0.2, 0) is 26.8 Å². The van der Waals surface area contributed by atoms with Crippen molar-refractivity contribution in [2.24, 2.45) is 10.7 Å². The fourth-order valence-corrected chi connectivity index (χ4v) is 2.61. The van der Waals surface area contributed by atoms with Crippen molar-refractivity contribution in [1.29, 1.82) is 0 Å². The van der Waals surface area contributed by atoms with Crippen molar-refractivity contribution in [2.45, 2.75) is 65.5 Å². The van der Waals surface area contributed by atoms with Crippen LogP contribution in [0.15, 0.2) is 53.5 Å². The lowest BCUT2D eigenvalue weighted by molar-refractivity contribution is 0.108. The highest BCUT2D eigenvalue weighted by Gasteiger charge is 2.26. The molecular formula is C26H37Cl3N2O4S. The maximum atomic E-state index is 10.6. The quantitative estimate of drug-likeness (QED) is 0.411. The Morgan fingerprint density at radius 1 is 1.06 bits per heavy atom. The SMILES string of the molecule is CC(C)(N)CO.CCc1ccc(C(=O)Cl)cc1.CCc1ccc(C2=NC(C)(C)CO2)cc1.O=S(Cl)Cl. The van der Waals surface area contributed by atoms with Crippen molar-refractivity contribution in [3.05, 3.63) is 70.8 Å². The predicted molar refractivity (Wildman–Crippen MR) is 154 cm³/mol. The van der Waals surface area contributed by atoms with Gasteiger partial charge in [0.2, 0.25) is 15.1 Å². The first-order valence-electron chi connectivity index (χ1n) is 11.4. The van der Waals surface area contributed by atoms with Gasteiger partial charge in [-0.1, -0.05) is 38.1 Å². The molecule has 10 heteroatoms. The van der Waals surface area contributed by atoms with Crippen molar-refractivity contribution < 1.29 is 18.8 Å². The highest BCUT2D eigenvalue weighted by molar-refractivity contribution is 8.26. The van der Waals surface area contributed by atoms with Gasteiger partial charge in [-0.25, -0.2) is 9.20 Å². The number of halogens is 3. The average molecular weight is 580 g/mol. The number of aryl methyl sites for hydroxylation is 2. The number of ether oxygens (including phenoxy) is 1. The Labute approximate surface area is 231 Å². The second-order valence-corrected chi connectivity index (χ2v) is 12.1. The molecule has 0 aromatic heterocycles. The molecule has 0 atom stereocenters. The van der Waals surface area contributed by atoms with E-state index in [0.717, 1.165) is 24.3 Å². The number of rotatable bonds is 5. The molecule has 1 aliphatic heterocycles. The molecule has 0 amide bonds. The Morgan fingerprint density at radius 2 is 1.44 bits per heavy atom. The van der Waals surface area contributed by atoms with Crippen LogP contribution in [0.1, 0.15) is 68.6 Å². The lowest BCUT2D eigenvalue weighted by Crippen LogP contribution is -2.35. The van der Waals surface area contributed by atoms with Gasteiger partial charge in [-0.15, -0.1) is 0 Å². The second kappa shape index (κ2) is 17.1. The van der Waals surface area contributed by atoms with Gasteiger partial charge in [-0.3, -0.25) is 4.79 Å². The molecule has 1 aliphatic rings. The molecule has 0 saturated heterocycles. The van der Waals surface area contributed by atoms with Gasteiger partial charge < -0.3 is 15.6 Å². The number of carbonyl (C=O) groups is 1. The summed E-state index contributed by atoms with van der Waals surface area (Å²) in [6.07, 6.45) is 2.05. The van der Waals surface area contributed by atoms with E-state index in [2.05, 4.69) is 78.3 Å². The Bertz CT molecular complexity index is 970. The van der Waals surface area contributed by atoms with E-state index in [-0.39, 0.29) is 12.1 Å². The number of nitrogens with two attached hydrogens (primary N) is 1. The number of hydrogen-bond donors (Lipinski definition) is 2. The summed E-state index contributed by atoms with van der Waals surface area (Å²) in [6.45, 7) is 12.7. The number of benzene rings is 2. The van der Waals surface area contributed by atoms with Gasteiger partial charge in [0.15, 0.2) is 0 Å². The summed E-state index contributed by atoms with van der Waals surface area (Å²) in [5.41, 5.74) is 9.01. The highest BCUT2D eigenvalue weighted by Crippen LogP contribution is 2.20. The van der Waals surface area contributed by atoms with Crippen LogP contribution in [0.2, 0.25) is 0 Å². The van der Waals surface area contributed by atoms with Crippen LogP contribution in [0.3, 0.4) is 0 Å². The second-order valence-electron chi connectivity index (χ2n) is 9.22. The molecule has 3 rings (SSSR count). The van der Waals surface area contributed by atoms with Crippen LogP contribution >= 0.6 is 33.0 Å². The van der Waals surface area contributed by atoms with Crippen LogP contribution in [0, 0.1) is 0 Å². The number of aliphatic imine (C=N–C) groups is 1. The predicted octanol–water partition coefficient (Wildman–Crippen LogP) is 6.19. The first kappa shape index (κ1) is 34.5. The molecule has 0 aliphatic carbocycles. The number of aliphatic hydroxyl groups excluding tert-OH is 1.